The number of hydrogen-bond donors (Lipinski definition) is 4. The van der Waals surface area contributed by atoms with Crippen molar-refractivity contribution >= 4 is 10.1 Å². The summed E-state index contributed by atoms with van der Waals surface area (Å²) in [5, 5.41) is 23.0. The van der Waals surface area contributed by atoms with E-state index in [9.17, 15) is 23.1 Å². The summed E-state index contributed by atoms with van der Waals surface area (Å²) in [7, 11) is -4.08. The van der Waals surface area contributed by atoms with E-state index in [-0.39, 0.29) is 25.3 Å². The minimum absolute atomic E-state index is 0.0889. The average molecular weight is 405 g/mol. The van der Waals surface area contributed by atoms with Gasteiger partial charge in [0.25, 0.3) is 15.7 Å². The van der Waals surface area contributed by atoms with E-state index >= 15 is 0 Å². The first-order valence-electron chi connectivity index (χ1n) is 8.24. The maximum atomic E-state index is 12.2. The molecule has 0 amide bonds. The molecular formula is C14H19N3O9S. The minimum Gasteiger partial charge on any atom is -0.394 e. The molecule has 4 N–H and O–H groups in total. The van der Waals surface area contributed by atoms with E-state index in [1.165, 1.54) is 13.1 Å². The predicted octanol–water partition coefficient (Wildman–Crippen LogP) is -3.49. The van der Waals surface area contributed by atoms with Crippen molar-refractivity contribution in [2.45, 2.75) is 36.7 Å². The fourth-order valence-corrected chi connectivity index (χ4v) is 5.81. The number of hydrogen-bond acceptors (Lipinski definition) is 10. The number of rotatable bonds is 4. The van der Waals surface area contributed by atoms with Crippen molar-refractivity contribution in [1.29, 1.82) is 0 Å². The normalized spacial score (nSPS) is 39.4. The van der Waals surface area contributed by atoms with Crippen LogP contribution in [-0.2, 0) is 23.8 Å². The van der Waals surface area contributed by atoms with Gasteiger partial charge in [-0.05, 0) is 6.92 Å². The van der Waals surface area contributed by atoms with Crippen LogP contribution in [0, 0.1) is 6.92 Å². The van der Waals surface area contributed by atoms with Crippen LogP contribution in [0.3, 0.4) is 0 Å². The Hall–Kier alpha value is -1.61. The van der Waals surface area contributed by atoms with E-state index in [1.807, 2.05) is 0 Å². The van der Waals surface area contributed by atoms with Crippen LogP contribution < -0.4 is 16.6 Å². The Kier molecular flexibility index (Phi) is 4.12. The van der Waals surface area contributed by atoms with Gasteiger partial charge in [0.2, 0.25) is 0 Å². The zero-order chi connectivity index (χ0) is 19.6. The number of nitrogens with zero attached hydrogens (tertiary/aromatic N) is 1. The maximum Gasteiger partial charge on any atom is 0.330 e. The fourth-order valence-electron chi connectivity index (χ4n) is 4.08. The Morgan fingerprint density at radius 1 is 1.44 bits per heavy atom. The Balaban J connectivity index is 1.81. The predicted molar refractivity (Wildman–Crippen MR) is 87.4 cm³/mol. The summed E-state index contributed by atoms with van der Waals surface area (Å²) < 4.78 is 42.0. The molecule has 1 spiro atoms. The number of aliphatic hydroxyl groups is 2. The van der Waals surface area contributed by atoms with Crippen LogP contribution in [0.25, 0.3) is 0 Å². The number of ether oxygens (including phenoxy) is 2. The molecule has 0 unspecified atom stereocenters. The second-order valence-electron chi connectivity index (χ2n) is 6.80. The third-order valence-electron chi connectivity index (χ3n) is 5.20. The van der Waals surface area contributed by atoms with Gasteiger partial charge in [-0.3, -0.25) is 23.8 Å². The molecule has 4 rings (SSSR count). The molecule has 13 heteroatoms. The van der Waals surface area contributed by atoms with E-state index in [2.05, 4.69) is 10.3 Å². The Morgan fingerprint density at radius 3 is 2.89 bits per heavy atom. The second-order valence-corrected chi connectivity index (χ2v) is 8.37. The van der Waals surface area contributed by atoms with Gasteiger partial charge in [0.1, 0.15) is 18.0 Å². The highest BCUT2D eigenvalue weighted by Crippen LogP contribution is 2.54. The largest absolute Gasteiger partial charge is 0.394 e. The molecule has 3 fully saturated rings. The van der Waals surface area contributed by atoms with Crippen molar-refractivity contribution in [1.82, 2.24) is 14.9 Å². The number of aryl methyl sites for hydroxylation is 1. The van der Waals surface area contributed by atoms with E-state index in [0.717, 1.165) is 4.57 Å². The zero-order valence-corrected chi connectivity index (χ0v) is 15.1. The number of aliphatic hydroxyl groups excluding tert-OH is 2. The van der Waals surface area contributed by atoms with Gasteiger partial charge in [-0.2, -0.15) is 8.42 Å². The lowest BCUT2D eigenvalue weighted by Gasteiger charge is -2.37. The van der Waals surface area contributed by atoms with Gasteiger partial charge >= 0.3 is 5.69 Å². The van der Waals surface area contributed by atoms with Crippen LogP contribution in [0.1, 0.15) is 11.8 Å². The molecule has 27 heavy (non-hydrogen) atoms. The molecule has 0 aromatic carbocycles. The number of H-pyrrole nitrogens is 1. The molecule has 5 atom stereocenters. The van der Waals surface area contributed by atoms with Crippen molar-refractivity contribution in [3.8, 4) is 0 Å². The number of aromatic amines is 1. The third-order valence-corrected chi connectivity index (χ3v) is 6.49. The molecule has 1 aromatic heterocycles. The minimum atomic E-state index is -4.08. The van der Waals surface area contributed by atoms with Crippen molar-refractivity contribution in [3.05, 3.63) is 32.6 Å². The quantitative estimate of drug-likeness (QED) is 0.369. The van der Waals surface area contributed by atoms with E-state index in [4.69, 9.17) is 18.8 Å². The van der Waals surface area contributed by atoms with E-state index < -0.39 is 56.9 Å². The van der Waals surface area contributed by atoms with Gasteiger partial charge in [0.15, 0.2) is 17.6 Å². The van der Waals surface area contributed by atoms with Crippen LogP contribution in [0.15, 0.2) is 15.8 Å². The lowest BCUT2D eigenvalue weighted by Crippen LogP contribution is -2.64. The van der Waals surface area contributed by atoms with Crippen LogP contribution in [0.2, 0.25) is 0 Å². The molecular weight excluding hydrogens is 386 g/mol. The van der Waals surface area contributed by atoms with E-state index in [0.29, 0.717) is 0 Å². The summed E-state index contributed by atoms with van der Waals surface area (Å²) in [5.74, 6) is -0.594. The Morgan fingerprint density at radius 2 is 2.19 bits per heavy atom. The molecule has 0 saturated carbocycles. The molecule has 1 aromatic rings. The standard InChI is InChI=1S/C14H19N3O9S/c1-7-5-17(12(21)16-10(7)20)11-9(19)14-8(25-11)4-15-13(14,24-3-2-18)6-27(22,23)26-14/h5,8-9,11,15,18-19H,2-4,6H2,1H3,(H,16,20,21)/t8-,9+,11-,13-,14-/m1/s1. The number of nitrogens with one attached hydrogen (secondary N) is 2. The summed E-state index contributed by atoms with van der Waals surface area (Å²) in [4.78, 5) is 25.9. The van der Waals surface area contributed by atoms with Gasteiger partial charge in [0.05, 0.1) is 13.2 Å². The molecule has 3 aliphatic heterocycles. The Bertz CT molecular complexity index is 988. The summed E-state index contributed by atoms with van der Waals surface area (Å²) in [6.07, 6.45) is -2.64. The number of aromatic nitrogens is 2. The lowest BCUT2D eigenvalue weighted by molar-refractivity contribution is -0.175. The molecule has 0 aliphatic carbocycles. The monoisotopic (exact) mass is 405 g/mol. The van der Waals surface area contributed by atoms with Gasteiger partial charge in [-0.15, -0.1) is 0 Å². The molecule has 150 valence electrons. The third kappa shape index (κ3) is 2.47. The van der Waals surface area contributed by atoms with Crippen LogP contribution in [0.5, 0.6) is 0 Å². The highest BCUT2D eigenvalue weighted by Gasteiger charge is 2.79. The van der Waals surface area contributed by atoms with Crippen LogP contribution in [-0.4, -0.2) is 77.2 Å². The molecule has 0 bridgehead atoms. The zero-order valence-electron chi connectivity index (χ0n) is 14.2. The first-order chi connectivity index (χ1) is 12.7. The molecule has 3 saturated heterocycles. The molecule has 0 radical (unpaired) electrons. The van der Waals surface area contributed by atoms with E-state index in [1.54, 1.807) is 0 Å². The first-order valence-corrected chi connectivity index (χ1v) is 9.82. The molecule has 3 aliphatic rings. The van der Waals surface area contributed by atoms with Crippen molar-refractivity contribution in [2.75, 3.05) is 25.5 Å². The highest BCUT2D eigenvalue weighted by atomic mass is 32.2. The first kappa shape index (κ1) is 18.7. The molecule has 4 heterocycles. The van der Waals surface area contributed by atoms with Gasteiger partial charge in [0, 0.05) is 18.3 Å². The summed E-state index contributed by atoms with van der Waals surface area (Å²) >= 11 is 0. The maximum absolute atomic E-state index is 12.2. The van der Waals surface area contributed by atoms with Crippen molar-refractivity contribution in [2.24, 2.45) is 0 Å². The van der Waals surface area contributed by atoms with Crippen LogP contribution in [0.4, 0.5) is 0 Å². The van der Waals surface area contributed by atoms with Gasteiger partial charge in [-0.1, -0.05) is 0 Å². The fraction of sp³-hybridized carbons (Fsp3) is 0.714. The SMILES string of the molecule is Cc1cn([C@@H]2O[C@@H]3CN[C@@]4(OCCO)CS(=O)(=O)O[C@@]34[C@H]2O)c(=O)[nH]c1=O. The smallest absolute Gasteiger partial charge is 0.330 e. The van der Waals surface area contributed by atoms with Crippen molar-refractivity contribution < 1.29 is 32.3 Å². The lowest BCUT2D eigenvalue weighted by atomic mass is 9.85. The average Bonchev–Trinajstić information content (AvgIpc) is 3.11. The summed E-state index contributed by atoms with van der Waals surface area (Å²) in [5.41, 5.74) is -4.67. The Labute approximate surface area is 152 Å². The van der Waals surface area contributed by atoms with Gasteiger partial charge < -0.3 is 19.7 Å². The summed E-state index contributed by atoms with van der Waals surface area (Å²) in [6, 6.07) is 0. The highest BCUT2D eigenvalue weighted by molar-refractivity contribution is 7.87. The van der Waals surface area contributed by atoms with Crippen LogP contribution >= 0.6 is 0 Å². The second kappa shape index (κ2) is 5.94. The topological polar surface area (TPSA) is 169 Å². The van der Waals surface area contributed by atoms with Crippen molar-refractivity contribution in [3.63, 3.8) is 0 Å². The molecule has 12 nitrogen and oxygen atoms in total. The van der Waals surface area contributed by atoms with Gasteiger partial charge in [-0.25, -0.2) is 4.79 Å². The summed E-state index contributed by atoms with van der Waals surface area (Å²) in [6.45, 7) is 0.992.